The zero-order valence-corrected chi connectivity index (χ0v) is 22.2. The van der Waals surface area contributed by atoms with Crippen LogP contribution in [-0.4, -0.2) is 30.5 Å². The summed E-state index contributed by atoms with van der Waals surface area (Å²) in [4.78, 5) is 28.4. The lowest BCUT2D eigenvalue weighted by atomic mass is 9.91. The Balaban J connectivity index is 1.88. The minimum absolute atomic E-state index is 0.0621. The molecule has 3 aromatic rings. The number of anilines is 1. The van der Waals surface area contributed by atoms with Gasteiger partial charge in [0.05, 0.1) is 25.3 Å². The van der Waals surface area contributed by atoms with E-state index in [1.165, 1.54) is 4.90 Å². The molecule has 37 heavy (non-hydrogen) atoms. The monoisotopic (exact) mass is 499 g/mol. The molecule has 1 fully saturated rings. The van der Waals surface area contributed by atoms with Gasteiger partial charge in [-0.05, 0) is 85.3 Å². The number of aliphatic hydroxyl groups is 1. The van der Waals surface area contributed by atoms with Gasteiger partial charge in [0.25, 0.3) is 11.7 Å². The van der Waals surface area contributed by atoms with Gasteiger partial charge in [-0.3, -0.25) is 14.5 Å². The van der Waals surface area contributed by atoms with Crippen molar-refractivity contribution in [2.24, 2.45) is 5.92 Å². The van der Waals surface area contributed by atoms with Crippen molar-refractivity contribution in [3.8, 4) is 11.5 Å². The molecular weight excluding hydrogens is 466 g/mol. The van der Waals surface area contributed by atoms with Crippen molar-refractivity contribution in [3.05, 3.63) is 94.1 Å². The smallest absolute Gasteiger partial charge is 0.300 e. The predicted octanol–water partition coefficient (Wildman–Crippen LogP) is 6.28. The van der Waals surface area contributed by atoms with Gasteiger partial charge in [-0.15, -0.1) is 0 Å². The van der Waals surface area contributed by atoms with Crippen LogP contribution >= 0.6 is 0 Å². The first kappa shape index (κ1) is 26.0. The van der Waals surface area contributed by atoms with Crippen molar-refractivity contribution >= 4 is 23.1 Å². The van der Waals surface area contributed by atoms with Crippen LogP contribution in [0.4, 0.5) is 5.69 Å². The third-order valence-corrected chi connectivity index (χ3v) is 6.62. The molecule has 1 heterocycles. The summed E-state index contributed by atoms with van der Waals surface area (Å²) in [6.45, 7) is 10.4. The topological polar surface area (TPSA) is 76.1 Å². The van der Waals surface area contributed by atoms with E-state index in [1.54, 1.807) is 37.4 Å². The number of ether oxygens (including phenoxy) is 2. The highest BCUT2D eigenvalue weighted by Crippen LogP contribution is 2.44. The van der Waals surface area contributed by atoms with Gasteiger partial charge in [-0.25, -0.2) is 0 Å². The Hall–Kier alpha value is -4.06. The second-order valence-corrected chi connectivity index (χ2v) is 9.86. The maximum absolute atomic E-state index is 13.5. The van der Waals surface area contributed by atoms with Crippen LogP contribution < -0.4 is 14.4 Å². The number of ketones is 1. The number of nitrogens with zero attached hydrogens (tertiary/aromatic N) is 1. The van der Waals surface area contributed by atoms with E-state index >= 15 is 0 Å². The zero-order chi connectivity index (χ0) is 26.9. The molecule has 3 aromatic carbocycles. The molecule has 192 valence electrons. The normalized spacial score (nSPS) is 16.9. The molecule has 1 unspecified atom stereocenters. The van der Waals surface area contributed by atoms with Gasteiger partial charge >= 0.3 is 0 Å². The second-order valence-electron chi connectivity index (χ2n) is 9.86. The molecule has 1 amide bonds. The fourth-order valence-electron chi connectivity index (χ4n) is 4.66. The number of carbonyl (C=O) groups excluding carboxylic acids is 2. The van der Waals surface area contributed by atoms with Crippen LogP contribution in [0.3, 0.4) is 0 Å². The average molecular weight is 500 g/mol. The Morgan fingerprint density at radius 2 is 1.62 bits per heavy atom. The SMILES string of the molecule is COc1cc(C)c(/C(O)=C2\C(=O)C(=O)N(c3ccc(OCC(C)C)cc3)C2c2ccccc2C)cc1C. The molecule has 1 saturated heterocycles. The number of rotatable bonds is 7. The number of aryl methyl sites for hydroxylation is 3. The maximum Gasteiger partial charge on any atom is 0.300 e. The molecule has 0 radical (unpaired) electrons. The van der Waals surface area contributed by atoms with E-state index in [4.69, 9.17) is 9.47 Å². The van der Waals surface area contributed by atoms with E-state index in [1.807, 2.05) is 51.1 Å². The summed E-state index contributed by atoms with van der Waals surface area (Å²) >= 11 is 0. The number of aliphatic hydroxyl groups excluding tert-OH is 1. The van der Waals surface area contributed by atoms with E-state index in [0.717, 1.165) is 22.3 Å². The number of hydrogen-bond acceptors (Lipinski definition) is 5. The number of amides is 1. The van der Waals surface area contributed by atoms with Crippen LogP contribution in [0.15, 0.2) is 66.2 Å². The van der Waals surface area contributed by atoms with Crippen molar-refractivity contribution in [2.75, 3.05) is 18.6 Å². The first-order chi connectivity index (χ1) is 17.6. The molecular formula is C31H33NO5. The van der Waals surface area contributed by atoms with E-state index in [9.17, 15) is 14.7 Å². The predicted molar refractivity (Wildman–Crippen MR) is 145 cm³/mol. The number of hydrogen-bond donors (Lipinski definition) is 1. The number of benzene rings is 3. The van der Waals surface area contributed by atoms with Crippen LogP contribution in [-0.2, 0) is 9.59 Å². The molecule has 0 aromatic heterocycles. The Kier molecular flexibility index (Phi) is 7.39. The first-order valence-electron chi connectivity index (χ1n) is 12.4. The molecule has 0 saturated carbocycles. The molecule has 1 N–H and O–H groups in total. The fourth-order valence-corrected chi connectivity index (χ4v) is 4.66. The highest BCUT2D eigenvalue weighted by atomic mass is 16.5. The first-order valence-corrected chi connectivity index (χ1v) is 12.4. The molecule has 0 aliphatic carbocycles. The Labute approximate surface area is 218 Å². The molecule has 4 rings (SSSR count). The largest absolute Gasteiger partial charge is 0.507 e. The zero-order valence-electron chi connectivity index (χ0n) is 22.2. The van der Waals surface area contributed by atoms with Crippen molar-refractivity contribution in [1.82, 2.24) is 0 Å². The average Bonchev–Trinajstić information content (AvgIpc) is 3.14. The van der Waals surface area contributed by atoms with Gasteiger partial charge in [0.1, 0.15) is 17.3 Å². The third kappa shape index (κ3) is 4.96. The van der Waals surface area contributed by atoms with E-state index in [2.05, 4.69) is 13.8 Å². The van der Waals surface area contributed by atoms with Gasteiger partial charge in [0.15, 0.2) is 0 Å². The Morgan fingerprint density at radius 3 is 2.24 bits per heavy atom. The molecule has 6 nitrogen and oxygen atoms in total. The van der Waals surface area contributed by atoms with Crippen LogP contribution in [0.25, 0.3) is 5.76 Å². The van der Waals surface area contributed by atoms with Crippen molar-refractivity contribution in [2.45, 2.75) is 40.7 Å². The summed E-state index contributed by atoms with van der Waals surface area (Å²) < 4.78 is 11.2. The van der Waals surface area contributed by atoms with Crippen molar-refractivity contribution < 1.29 is 24.2 Å². The van der Waals surface area contributed by atoms with Crippen molar-refractivity contribution in [1.29, 1.82) is 0 Å². The molecule has 0 spiro atoms. The van der Waals surface area contributed by atoms with Gasteiger partial charge in [0.2, 0.25) is 0 Å². The third-order valence-electron chi connectivity index (χ3n) is 6.62. The highest BCUT2D eigenvalue weighted by Gasteiger charge is 2.47. The summed E-state index contributed by atoms with van der Waals surface area (Å²) in [5.74, 6) is 0.140. The minimum Gasteiger partial charge on any atom is -0.507 e. The Morgan fingerprint density at radius 1 is 0.946 bits per heavy atom. The van der Waals surface area contributed by atoms with Gasteiger partial charge in [-0.1, -0.05) is 38.1 Å². The van der Waals surface area contributed by atoms with E-state index < -0.39 is 17.7 Å². The van der Waals surface area contributed by atoms with E-state index in [0.29, 0.717) is 35.3 Å². The maximum atomic E-state index is 13.5. The van der Waals surface area contributed by atoms with Gasteiger partial charge < -0.3 is 14.6 Å². The summed E-state index contributed by atoms with van der Waals surface area (Å²) in [7, 11) is 1.59. The van der Waals surface area contributed by atoms with Gasteiger partial charge in [0, 0.05) is 11.3 Å². The molecule has 1 aliphatic rings. The van der Waals surface area contributed by atoms with Crippen molar-refractivity contribution in [3.63, 3.8) is 0 Å². The number of Topliss-reactive ketones (excluding diaryl/α,β-unsaturated/α-hetero) is 1. The number of methoxy groups -OCH3 is 1. The van der Waals surface area contributed by atoms with Crippen LogP contribution in [0.2, 0.25) is 0 Å². The molecule has 1 atom stereocenters. The fraction of sp³-hybridized carbons (Fsp3) is 0.290. The highest BCUT2D eigenvalue weighted by molar-refractivity contribution is 6.51. The lowest BCUT2D eigenvalue weighted by Crippen LogP contribution is -2.29. The summed E-state index contributed by atoms with van der Waals surface area (Å²) in [6.07, 6.45) is 0. The quantitative estimate of drug-likeness (QED) is 0.235. The van der Waals surface area contributed by atoms with Crippen LogP contribution in [0.5, 0.6) is 11.5 Å². The molecule has 0 bridgehead atoms. The Bertz CT molecular complexity index is 1370. The van der Waals surface area contributed by atoms with Gasteiger partial charge in [-0.2, -0.15) is 0 Å². The summed E-state index contributed by atoms with van der Waals surface area (Å²) in [5.41, 5.74) is 4.33. The van der Waals surface area contributed by atoms with E-state index in [-0.39, 0.29) is 11.3 Å². The number of carbonyl (C=O) groups is 2. The molecule has 1 aliphatic heterocycles. The van der Waals surface area contributed by atoms with Crippen LogP contribution in [0, 0.1) is 26.7 Å². The minimum atomic E-state index is -0.787. The lowest BCUT2D eigenvalue weighted by Gasteiger charge is -2.27. The van der Waals surface area contributed by atoms with Crippen LogP contribution in [0.1, 0.15) is 47.7 Å². The second kappa shape index (κ2) is 10.5. The molecule has 6 heteroatoms. The lowest BCUT2D eigenvalue weighted by molar-refractivity contribution is -0.132. The standard InChI is InChI=1S/C31H33NO5/c1-18(2)17-37-23-13-11-22(12-14-23)32-28(24-10-8-7-9-19(24)3)27(30(34)31(32)35)29(33)25-15-21(5)26(36-6)16-20(25)4/h7-16,18,28,33H,17H2,1-6H3/b29-27+. The summed E-state index contributed by atoms with van der Waals surface area (Å²) in [6, 6.07) is 17.5. The summed E-state index contributed by atoms with van der Waals surface area (Å²) in [5, 5.41) is 11.5.